The van der Waals surface area contributed by atoms with E-state index in [0.29, 0.717) is 43.1 Å². The van der Waals surface area contributed by atoms with Gasteiger partial charge in [-0.05, 0) is 30.3 Å². The van der Waals surface area contributed by atoms with Gasteiger partial charge in [0.25, 0.3) is 0 Å². The first-order valence-electron chi connectivity index (χ1n) is 8.98. The molecule has 1 aliphatic rings. The molecule has 6 nitrogen and oxygen atoms in total. The second-order valence-corrected chi connectivity index (χ2v) is 8.85. The highest BCUT2D eigenvalue weighted by atomic mass is 32.2. The Bertz CT molecular complexity index is 832. The van der Waals surface area contributed by atoms with Crippen LogP contribution in [0.2, 0.25) is 0 Å². The standard InChI is InChI=1S/C20H26N2O4S/c1-21-12-14-22(15-13-21)27(24,25)20(17-6-4-3-5-7-17)19(23)16-8-10-18(26-2)11-9-16/h3-11,19-20,23H,12-15H2,1-2H3/t19-,20-/m1/s1. The van der Waals surface area contributed by atoms with Crippen LogP contribution in [0.25, 0.3) is 0 Å². The van der Waals surface area contributed by atoms with Gasteiger partial charge in [0.15, 0.2) is 0 Å². The Kier molecular flexibility index (Phi) is 6.16. The number of hydrogen-bond acceptors (Lipinski definition) is 5. The number of ether oxygens (including phenoxy) is 1. The van der Waals surface area contributed by atoms with Crippen LogP contribution in [0.15, 0.2) is 54.6 Å². The molecule has 3 rings (SSSR count). The van der Waals surface area contributed by atoms with Gasteiger partial charge in [-0.3, -0.25) is 0 Å². The van der Waals surface area contributed by atoms with Gasteiger partial charge in [0.2, 0.25) is 10.0 Å². The number of piperazine rings is 1. The van der Waals surface area contributed by atoms with E-state index in [1.807, 2.05) is 13.1 Å². The SMILES string of the molecule is COc1ccc([C@@H](O)[C@@H](c2ccccc2)S(=O)(=O)N2CCN(C)CC2)cc1. The predicted molar refractivity (Wildman–Crippen MR) is 105 cm³/mol. The molecule has 1 fully saturated rings. The number of methoxy groups -OCH3 is 1. The van der Waals surface area contributed by atoms with Gasteiger partial charge >= 0.3 is 0 Å². The molecule has 7 heteroatoms. The van der Waals surface area contributed by atoms with Crippen molar-refractivity contribution in [3.05, 3.63) is 65.7 Å². The molecule has 0 amide bonds. The molecule has 2 atom stereocenters. The molecule has 0 unspecified atom stereocenters. The molecular weight excluding hydrogens is 364 g/mol. The smallest absolute Gasteiger partial charge is 0.224 e. The summed E-state index contributed by atoms with van der Waals surface area (Å²) in [6.45, 7) is 2.22. The number of sulfonamides is 1. The van der Waals surface area contributed by atoms with E-state index in [1.54, 1.807) is 55.6 Å². The van der Waals surface area contributed by atoms with Gasteiger partial charge in [0.1, 0.15) is 17.1 Å². The van der Waals surface area contributed by atoms with Crippen molar-refractivity contribution in [2.45, 2.75) is 11.4 Å². The molecule has 0 radical (unpaired) electrons. The van der Waals surface area contributed by atoms with Gasteiger partial charge in [-0.25, -0.2) is 8.42 Å². The predicted octanol–water partition coefficient (Wildman–Crippen LogP) is 2.05. The van der Waals surface area contributed by atoms with E-state index >= 15 is 0 Å². The first-order chi connectivity index (χ1) is 12.9. The maximum atomic E-state index is 13.5. The minimum absolute atomic E-state index is 0.428. The van der Waals surface area contributed by atoms with Crippen LogP contribution < -0.4 is 4.74 Å². The van der Waals surface area contributed by atoms with Crippen LogP contribution >= 0.6 is 0 Å². The lowest BCUT2D eigenvalue weighted by molar-refractivity contribution is 0.163. The highest BCUT2D eigenvalue weighted by Gasteiger charge is 2.40. The van der Waals surface area contributed by atoms with Crippen molar-refractivity contribution in [2.24, 2.45) is 0 Å². The third-order valence-corrected chi connectivity index (χ3v) is 7.27. The Labute approximate surface area is 161 Å². The zero-order valence-electron chi connectivity index (χ0n) is 15.7. The first-order valence-corrected chi connectivity index (χ1v) is 10.5. The second kappa shape index (κ2) is 8.39. The fraction of sp³-hybridized carbons (Fsp3) is 0.400. The van der Waals surface area contributed by atoms with Crippen molar-refractivity contribution in [3.63, 3.8) is 0 Å². The summed E-state index contributed by atoms with van der Waals surface area (Å²) in [5.41, 5.74) is 1.13. The Morgan fingerprint density at radius 1 is 0.926 bits per heavy atom. The summed E-state index contributed by atoms with van der Waals surface area (Å²) < 4.78 is 33.6. The van der Waals surface area contributed by atoms with Gasteiger partial charge in [-0.2, -0.15) is 4.31 Å². The van der Waals surface area contributed by atoms with Crippen LogP contribution in [-0.2, 0) is 10.0 Å². The third-order valence-electron chi connectivity index (χ3n) is 5.02. The highest BCUT2D eigenvalue weighted by molar-refractivity contribution is 7.89. The van der Waals surface area contributed by atoms with Crippen LogP contribution in [0.4, 0.5) is 0 Å². The van der Waals surface area contributed by atoms with Crippen molar-refractivity contribution in [1.82, 2.24) is 9.21 Å². The average Bonchev–Trinajstić information content (AvgIpc) is 2.69. The number of hydrogen-bond donors (Lipinski definition) is 1. The van der Waals surface area contributed by atoms with Gasteiger partial charge in [-0.15, -0.1) is 0 Å². The highest BCUT2D eigenvalue weighted by Crippen LogP contribution is 2.38. The zero-order chi connectivity index (χ0) is 19.4. The van der Waals surface area contributed by atoms with Gasteiger partial charge in [0, 0.05) is 26.2 Å². The molecular formula is C20H26N2O4S. The molecule has 1 saturated heterocycles. The minimum Gasteiger partial charge on any atom is -0.497 e. The molecule has 0 aromatic heterocycles. The summed E-state index contributed by atoms with van der Waals surface area (Å²) >= 11 is 0. The Morgan fingerprint density at radius 3 is 2.07 bits per heavy atom. The Morgan fingerprint density at radius 2 is 1.52 bits per heavy atom. The second-order valence-electron chi connectivity index (χ2n) is 6.80. The van der Waals surface area contributed by atoms with Crippen LogP contribution in [0.3, 0.4) is 0 Å². The number of aliphatic hydroxyl groups is 1. The average molecular weight is 391 g/mol. The summed E-state index contributed by atoms with van der Waals surface area (Å²) in [7, 11) is -0.196. The number of aliphatic hydroxyl groups excluding tert-OH is 1. The molecule has 0 spiro atoms. The van der Waals surface area contributed by atoms with E-state index < -0.39 is 21.4 Å². The fourth-order valence-corrected chi connectivity index (χ4v) is 5.32. The number of rotatable bonds is 6. The molecule has 0 aliphatic carbocycles. The lowest BCUT2D eigenvalue weighted by Crippen LogP contribution is -2.49. The maximum absolute atomic E-state index is 13.5. The van der Waals surface area contributed by atoms with E-state index in [-0.39, 0.29) is 0 Å². The molecule has 0 saturated carbocycles. The summed E-state index contributed by atoms with van der Waals surface area (Å²) in [6.07, 6.45) is -1.18. The summed E-state index contributed by atoms with van der Waals surface area (Å²) in [5.74, 6) is 0.657. The topological polar surface area (TPSA) is 70.1 Å². The first kappa shape index (κ1) is 19.8. The number of nitrogens with zero attached hydrogens (tertiary/aromatic N) is 2. The summed E-state index contributed by atoms with van der Waals surface area (Å²) in [5, 5.41) is 10.00. The van der Waals surface area contributed by atoms with Crippen LogP contribution in [-0.4, -0.2) is 63.1 Å². The van der Waals surface area contributed by atoms with Crippen molar-refractivity contribution in [3.8, 4) is 5.75 Å². The van der Waals surface area contributed by atoms with Crippen LogP contribution in [0.5, 0.6) is 5.75 Å². The number of benzene rings is 2. The largest absolute Gasteiger partial charge is 0.497 e. The van der Waals surface area contributed by atoms with Crippen LogP contribution in [0, 0.1) is 0 Å². The third kappa shape index (κ3) is 4.32. The normalized spacial score (nSPS) is 18.8. The molecule has 27 heavy (non-hydrogen) atoms. The zero-order valence-corrected chi connectivity index (χ0v) is 16.5. The van der Waals surface area contributed by atoms with E-state index in [1.165, 1.54) is 4.31 Å². The van der Waals surface area contributed by atoms with Gasteiger partial charge < -0.3 is 14.7 Å². The monoisotopic (exact) mass is 390 g/mol. The molecule has 0 bridgehead atoms. The van der Waals surface area contributed by atoms with Crippen LogP contribution in [0.1, 0.15) is 22.5 Å². The van der Waals surface area contributed by atoms with Gasteiger partial charge in [0.05, 0.1) is 7.11 Å². The molecule has 1 N–H and O–H groups in total. The maximum Gasteiger partial charge on any atom is 0.224 e. The minimum atomic E-state index is -3.74. The van der Waals surface area contributed by atoms with Crippen molar-refractivity contribution < 1.29 is 18.3 Å². The lowest BCUT2D eigenvalue weighted by atomic mass is 10.0. The molecule has 146 valence electrons. The molecule has 2 aromatic carbocycles. The van der Waals surface area contributed by atoms with Crippen molar-refractivity contribution in [1.29, 1.82) is 0 Å². The molecule has 1 aliphatic heterocycles. The van der Waals surface area contributed by atoms with Crippen molar-refractivity contribution in [2.75, 3.05) is 40.3 Å². The Hall–Kier alpha value is -1.93. The number of likely N-dealkylation sites (N-methyl/N-ethyl adjacent to an activating group) is 1. The molecule has 1 heterocycles. The lowest BCUT2D eigenvalue weighted by Gasteiger charge is -2.35. The van der Waals surface area contributed by atoms with E-state index in [0.717, 1.165) is 0 Å². The van der Waals surface area contributed by atoms with Gasteiger partial charge in [-0.1, -0.05) is 42.5 Å². The summed E-state index contributed by atoms with van der Waals surface area (Å²) in [4.78, 5) is 2.10. The Balaban J connectivity index is 1.98. The quantitative estimate of drug-likeness (QED) is 0.818. The fourth-order valence-electron chi connectivity index (χ4n) is 3.34. The van der Waals surface area contributed by atoms with E-state index in [9.17, 15) is 13.5 Å². The van der Waals surface area contributed by atoms with E-state index in [4.69, 9.17) is 4.74 Å². The van der Waals surface area contributed by atoms with Crippen molar-refractivity contribution >= 4 is 10.0 Å². The van der Waals surface area contributed by atoms with E-state index in [2.05, 4.69) is 4.90 Å². The summed E-state index contributed by atoms with van der Waals surface area (Å²) in [6, 6.07) is 15.8. The molecule has 2 aromatic rings.